The number of aryl methyl sites for hydroxylation is 2. The summed E-state index contributed by atoms with van der Waals surface area (Å²) in [5.41, 5.74) is 2.03. The number of fused-ring (bicyclic) bond motifs is 1. The third kappa shape index (κ3) is 4.13. The normalized spacial score (nSPS) is 17.5. The molecule has 11 heteroatoms. The van der Waals surface area contributed by atoms with Crippen LogP contribution >= 0.6 is 0 Å². The maximum atomic E-state index is 13.2. The molecule has 4 heterocycles. The minimum atomic E-state index is -0.516. The topological polar surface area (TPSA) is 131 Å². The summed E-state index contributed by atoms with van der Waals surface area (Å²) in [4.78, 5) is 37.1. The van der Waals surface area contributed by atoms with Gasteiger partial charge < -0.3 is 24.6 Å². The largest absolute Gasteiger partial charge is 0.394 e. The molecule has 2 N–H and O–H groups in total. The van der Waals surface area contributed by atoms with E-state index in [9.17, 15) is 9.90 Å². The second-order valence-electron chi connectivity index (χ2n) is 7.64. The lowest BCUT2D eigenvalue weighted by Gasteiger charge is -2.36. The lowest BCUT2D eigenvalue weighted by molar-refractivity contribution is -0.142. The molecule has 1 aliphatic heterocycles. The van der Waals surface area contributed by atoms with E-state index in [0.29, 0.717) is 61.4 Å². The Kier molecular flexibility index (Phi) is 6.56. The monoisotopic (exact) mass is 440 g/mol. The first-order valence-electron chi connectivity index (χ1n) is 10.8. The zero-order valence-corrected chi connectivity index (χ0v) is 18.5. The zero-order valence-electron chi connectivity index (χ0n) is 18.5. The number of carbonyl (C=O) groups excluding carboxylic acids is 1. The minimum Gasteiger partial charge on any atom is -0.394 e. The first kappa shape index (κ1) is 22.0. The molecule has 1 amide bonds. The van der Waals surface area contributed by atoms with Gasteiger partial charge in [-0.25, -0.2) is 24.9 Å². The van der Waals surface area contributed by atoms with Crippen LogP contribution in [0.4, 0.5) is 5.82 Å². The number of ether oxygens (including phenoxy) is 1. The van der Waals surface area contributed by atoms with E-state index >= 15 is 0 Å². The van der Waals surface area contributed by atoms with Crippen molar-refractivity contribution in [2.75, 3.05) is 31.7 Å². The van der Waals surface area contributed by atoms with Crippen LogP contribution in [0.2, 0.25) is 0 Å². The molecule has 1 saturated heterocycles. The summed E-state index contributed by atoms with van der Waals surface area (Å²) >= 11 is 0. The summed E-state index contributed by atoms with van der Waals surface area (Å²) in [7, 11) is 0. The highest BCUT2D eigenvalue weighted by Gasteiger charge is 2.31. The van der Waals surface area contributed by atoms with Crippen molar-refractivity contribution in [2.45, 2.75) is 45.8 Å². The van der Waals surface area contributed by atoms with Crippen LogP contribution in [0.3, 0.4) is 0 Å². The van der Waals surface area contributed by atoms with Crippen LogP contribution in [0, 0.1) is 6.92 Å². The fourth-order valence-corrected chi connectivity index (χ4v) is 3.87. The Morgan fingerprint density at radius 2 is 2.06 bits per heavy atom. The van der Waals surface area contributed by atoms with Crippen molar-refractivity contribution in [3.05, 3.63) is 24.5 Å². The summed E-state index contributed by atoms with van der Waals surface area (Å²) in [5, 5.41) is 12.9. The predicted octanol–water partition coefficient (Wildman–Crippen LogP) is 1.02. The maximum Gasteiger partial charge on any atom is 0.245 e. The van der Waals surface area contributed by atoms with Gasteiger partial charge >= 0.3 is 0 Å². The second kappa shape index (κ2) is 9.53. The van der Waals surface area contributed by atoms with Gasteiger partial charge in [-0.3, -0.25) is 4.79 Å². The minimum absolute atomic E-state index is 0.0938. The van der Waals surface area contributed by atoms with Gasteiger partial charge in [0.25, 0.3) is 0 Å². The van der Waals surface area contributed by atoms with Gasteiger partial charge in [-0.2, -0.15) is 0 Å². The third-order valence-corrected chi connectivity index (χ3v) is 5.63. The summed E-state index contributed by atoms with van der Waals surface area (Å²) < 4.78 is 7.38. The Bertz CT molecular complexity index is 1080. The number of carbonyl (C=O) groups is 1. The van der Waals surface area contributed by atoms with E-state index in [0.717, 1.165) is 5.56 Å². The number of aliphatic hydroxyl groups is 1. The van der Waals surface area contributed by atoms with E-state index in [1.807, 2.05) is 25.3 Å². The standard InChI is InChI=1S/C21H28N8O3/c1-4-16(21(31)29-6-7-32-11-15(29)10-30)26-18-17-20(25-12-24-18)28(5-2)19(27-17)14-8-22-13(3)23-9-14/h8-9,12,15-16,30H,4-7,10-11H2,1-3H3,(H,24,25,26)/t15?,16-/m1/s1. The molecule has 4 rings (SSSR count). The van der Waals surface area contributed by atoms with Crippen molar-refractivity contribution < 1.29 is 14.6 Å². The second-order valence-corrected chi connectivity index (χ2v) is 7.64. The Morgan fingerprint density at radius 1 is 1.28 bits per heavy atom. The van der Waals surface area contributed by atoms with Gasteiger partial charge in [0.05, 0.1) is 31.4 Å². The smallest absolute Gasteiger partial charge is 0.245 e. The van der Waals surface area contributed by atoms with E-state index in [4.69, 9.17) is 9.72 Å². The van der Waals surface area contributed by atoms with Crippen LogP contribution in [0.1, 0.15) is 26.1 Å². The lowest BCUT2D eigenvalue weighted by Crippen LogP contribution is -2.54. The highest BCUT2D eigenvalue weighted by Crippen LogP contribution is 2.27. The van der Waals surface area contributed by atoms with Crippen LogP contribution < -0.4 is 5.32 Å². The van der Waals surface area contributed by atoms with Gasteiger partial charge in [0.15, 0.2) is 17.0 Å². The van der Waals surface area contributed by atoms with Crippen molar-refractivity contribution in [3.8, 4) is 11.4 Å². The third-order valence-electron chi connectivity index (χ3n) is 5.63. The van der Waals surface area contributed by atoms with Crippen LogP contribution in [-0.2, 0) is 16.1 Å². The number of nitrogens with zero attached hydrogens (tertiary/aromatic N) is 7. The molecular formula is C21H28N8O3. The number of anilines is 1. The molecule has 0 spiro atoms. The molecule has 170 valence electrons. The number of hydrogen-bond donors (Lipinski definition) is 2. The molecule has 11 nitrogen and oxygen atoms in total. The van der Waals surface area contributed by atoms with E-state index in [1.165, 1.54) is 6.33 Å². The average molecular weight is 441 g/mol. The van der Waals surface area contributed by atoms with E-state index < -0.39 is 6.04 Å². The van der Waals surface area contributed by atoms with Gasteiger partial charge in [-0.05, 0) is 20.3 Å². The molecule has 0 saturated carbocycles. The van der Waals surface area contributed by atoms with Gasteiger partial charge in [0.1, 0.15) is 24.0 Å². The summed E-state index contributed by atoms with van der Waals surface area (Å²) in [5.74, 6) is 1.77. The number of imidazole rings is 1. The summed E-state index contributed by atoms with van der Waals surface area (Å²) in [6, 6.07) is -0.858. The molecule has 3 aromatic heterocycles. The molecule has 3 aromatic rings. The van der Waals surface area contributed by atoms with Crippen LogP contribution in [0.15, 0.2) is 18.7 Å². The average Bonchev–Trinajstić information content (AvgIpc) is 3.22. The lowest BCUT2D eigenvalue weighted by atomic mass is 10.1. The van der Waals surface area contributed by atoms with Crippen molar-refractivity contribution in [1.82, 2.24) is 34.4 Å². The van der Waals surface area contributed by atoms with Crippen molar-refractivity contribution in [2.24, 2.45) is 0 Å². The molecule has 32 heavy (non-hydrogen) atoms. The SMILES string of the molecule is CC[C@@H](Nc1ncnc2c1nc(-c1cnc(C)nc1)n2CC)C(=O)N1CCOCC1CO. The maximum absolute atomic E-state index is 13.2. The van der Waals surface area contributed by atoms with Crippen molar-refractivity contribution in [3.63, 3.8) is 0 Å². The summed E-state index contributed by atoms with van der Waals surface area (Å²) in [6.45, 7) is 7.53. The number of aromatic nitrogens is 6. The van der Waals surface area contributed by atoms with Crippen LogP contribution in [0.25, 0.3) is 22.6 Å². The highest BCUT2D eigenvalue weighted by atomic mass is 16.5. The summed E-state index contributed by atoms with van der Waals surface area (Å²) in [6.07, 6.45) is 5.49. The van der Waals surface area contributed by atoms with Crippen LogP contribution in [-0.4, -0.2) is 83.8 Å². The molecule has 0 aliphatic carbocycles. The molecule has 1 fully saturated rings. The van der Waals surface area contributed by atoms with Gasteiger partial charge in [-0.15, -0.1) is 0 Å². The molecule has 0 bridgehead atoms. The highest BCUT2D eigenvalue weighted by molar-refractivity contribution is 5.90. The van der Waals surface area contributed by atoms with E-state index in [-0.39, 0.29) is 18.6 Å². The number of amides is 1. The van der Waals surface area contributed by atoms with Crippen molar-refractivity contribution in [1.29, 1.82) is 0 Å². The number of nitrogens with one attached hydrogen (secondary N) is 1. The predicted molar refractivity (Wildman–Crippen MR) is 118 cm³/mol. The van der Waals surface area contributed by atoms with Gasteiger partial charge in [0, 0.05) is 25.5 Å². The molecular weight excluding hydrogens is 412 g/mol. The first-order valence-corrected chi connectivity index (χ1v) is 10.8. The van der Waals surface area contributed by atoms with Gasteiger partial charge in [0.2, 0.25) is 5.91 Å². The zero-order chi connectivity index (χ0) is 22.7. The molecule has 1 unspecified atom stereocenters. The fourth-order valence-electron chi connectivity index (χ4n) is 3.87. The molecule has 0 aromatic carbocycles. The van der Waals surface area contributed by atoms with E-state index in [2.05, 4.69) is 25.3 Å². The Labute approximate surface area is 185 Å². The first-order chi connectivity index (χ1) is 15.6. The molecule has 1 aliphatic rings. The number of morpholine rings is 1. The fraction of sp³-hybridized carbons (Fsp3) is 0.524. The molecule has 2 atom stereocenters. The van der Waals surface area contributed by atoms with Gasteiger partial charge in [-0.1, -0.05) is 6.92 Å². The number of hydrogen-bond acceptors (Lipinski definition) is 9. The van der Waals surface area contributed by atoms with Crippen molar-refractivity contribution >= 4 is 22.9 Å². The molecule has 0 radical (unpaired) electrons. The Balaban J connectivity index is 1.68. The number of aliphatic hydroxyl groups excluding tert-OH is 1. The van der Waals surface area contributed by atoms with Crippen LogP contribution in [0.5, 0.6) is 0 Å². The van der Waals surface area contributed by atoms with E-state index in [1.54, 1.807) is 17.3 Å². The quantitative estimate of drug-likeness (QED) is 0.553. The Morgan fingerprint density at radius 3 is 2.75 bits per heavy atom. The number of rotatable bonds is 7. The Hall–Kier alpha value is -3.18.